The van der Waals surface area contributed by atoms with Crippen LogP contribution in [-0.2, 0) is 0 Å². The van der Waals surface area contributed by atoms with E-state index < -0.39 is 11.8 Å². The third-order valence-corrected chi connectivity index (χ3v) is 2.63. The molecule has 0 heterocycles. The van der Waals surface area contributed by atoms with Crippen LogP contribution >= 0.6 is 0 Å². The third kappa shape index (κ3) is 2.48. The maximum Gasteiger partial charge on any atom is 0.335 e. The molecule has 0 bridgehead atoms. The van der Waals surface area contributed by atoms with Crippen LogP contribution in [0.25, 0.3) is 0 Å². The lowest BCUT2D eigenvalue weighted by molar-refractivity contribution is 0.0696. The van der Waals surface area contributed by atoms with Crippen LogP contribution in [0.15, 0.2) is 42.5 Å². The van der Waals surface area contributed by atoms with Crippen LogP contribution in [-0.4, -0.2) is 11.1 Å². The van der Waals surface area contributed by atoms with Crippen molar-refractivity contribution in [3.05, 3.63) is 59.4 Å². The average Bonchev–Trinajstić information content (AvgIpc) is 2.34. The Labute approximate surface area is 104 Å². The largest absolute Gasteiger partial charge is 0.478 e. The summed E-state index contributed by atoms with van der Waals surface area (Å²) < 4.78 is 13.7. The molecule has 2 aromatic carbocycles. The summed E-state index contributed by atoms with van der Waals surface area (Å²) in [7, 11) is 0. The minimum Gasteiger partial charge on any atom is -0.478 e. The summed E-state index contributed by atoms with van der Waals surface area (Å²) in [5, 5.41) is 11.7. The van der Waals surface area contributed by atoms with Crippen molar-refractivity contribution in [1.29, 1.82) is 0 Å². The smallest absolute Gasteiger partial charge is 0.335 e. The summed E-state index contributed by atoms with van der Waals surface area (Å²) in [5.41, 5.74) is 1.97. The second-order valence-corrected chi connectivity index (χ2v) is 3.94. The Balaban J connectivity index is 2.30. The Hall–Kier alpha value is -2.36. The fourth-order valence-corrected chi connectivity index (χ4v) is 1.61. The van der Waals surface area contributed by atoms with E-state index in [-0.39, 0.29) is 11.3 Å². The Morgan fingerprint density at radius 2 is 1.89 bits per heavy atom. The van der Waals surface area contributed by atoms with E-state index in [1.807, 2.05) is 31.2 Å². The number of aryl methyl sites for hydroxylation is 1. The van der Waals surface area contributed by atoms with E-state index in [0.717, 1.165) is 17.3 Å². The molecule has 0 saturated carbocycles. The average molecular weight is 245 g/mol. The van der Waals surface area contributed by atoms with Gasteiger partial charge in [0.1, 0.15) is 5.82 Å². The summed E-state index contributed by atoms with van der Waals surface area (Å²) in [4.78, 5) is 10.7. The first-order chi connectivity index (χ1) is 8.58. The predicted octanol–water partition coefficient (Wildman–Crippen LogP) is 3.58. The van der Waals surface area contributed by atoms with Gasteiger partial charge < -0.3 is 10.4 Å². The zero-order valence-corrected chi connectivity index (χ0v) is 9.77. The topological polar surface area (TPSA) is 49.3 Å². The number of aromatic carboxylic acids is 1. The van der Waals surface area contributed by atoms with Crippen molar-refractivity contribution in [2.45, 2.75) is 6.92 Å². The number of hydrogen-bond donors (Lipinski definition) is 2. The number of carbonyl (C=O) groups is 1. The normalized spacial score (nSPS) is 10.1. The summed E-state index contributed by atoms with van der Waals surface area (Å²) in [6.07, 6.45) is 0. The molecule has 0 radical (unpaired) electrons. The number of carboxylic acid groups (broad SMARTS) is 1. The maximum absolute atomic E-state index is 13.7. The van der Waals surface area contributed by atoms with Crippen molar-refractivity contribution in [3.63, 3.8) is 0 Å². The molecule has 0 aliphatic rings. The molecule has 0 fully saturated rings. The van der Waals surface area contributed by atoms with Gasteiger partial charge in [0.05, 0.1) is 11.3 Å². The molecule has 2 N–H and O–H groups in total. The first-order valence-electron chi connectivity index (χ1n) is 5.43. The number of para-hydroxylation sites is 1. The van der Waals surface area contributed by atoms with Crippen LogP contribution in [0.1, 0.15) is 15.9 Å². The van der Waals surface area contributed by atoms with Crippen LogP contribution < -0.4 is 5.32 Å². The van der Waals surface area contributed by atoms with Crippen LogP contribution in [0, 0.1) is 12.7 Å². The quantitative estimate of drug-likeness (QED) is 0.869. The molecule has 0 aliphatic carbocycles. The summed E-state index contributed by atoms with van der Waals surface area (Å²) in [6.45, 7) is 1.91. The molecule has 0 saturated heterocycles. The van der Waals surface area contributed by atoms with E-state index in [1.54, 1.807) is 0 Å². The molecular formula is C14H12FNO2. The summed E-state index contributed by atoms with van der Waals surface area (Å²) in [5.74, 6) is -1.73. The standard InChI is InChI=1S/C14H12FNO2/c1-9-4-2-3-5-12(9)16-13-7-6-10(14(17)18)8-11(13)15/h2-8,16H,1H3,(H,17,18). The third-order valence-electron chi connectivity index (χ3n) is 2.63. The van der Waals surface area contributed by atoms with Gasteiger partial charge in [0, 0.05) is 5.69 Å². The number of nitrogens with one attached hydrogen (secondary N) is 1. The predicted molar refractivity (Wildman–Crippen MR) is 67.8 cm³/mol. The van der Waals surface area contributed by atoms with Gasteiger partial charge in [-0.1, -0.05) is 18.2 Å². The molecule has 18 heavy (non-hydrogen) atoms. The van der Waals surface area contributed by atoms with E-state index in [1.165, 1.54) is 12.1 Å². The number of rotatable bonds is 3. The fourth-order valence-electron chi connectivity index (χ4n) is 1.61. The summed E-state index contributed by atoms with van der Waals surface area (Å²) >= 11 is 0. The monoisotopic (exact) mass is 245 g/mol. The van der Waals surface area contributed by atoms with Gasteiger partial charge >= 0.3 is 5.97 Å². The van der Waals surface area contributed by atoms with E-state index in [4.69, 9.17) is 5.11 Å². The van der Waals surface area contributed by atoms with Gasteiger partial charge in [-0.05, 0) is 36.8 Å². The number of anilines is 2. The fraction of sp³-hybridized carbons (Fsp3) is 0.0714. The number of carboxylic acids is 1. The van der Waals surface area contributed by atoms with E-state index in [0.29, 0.717) is 0 Å². The van der Waals surface area contributed by atoms with Crippen LogP contribution in [0.5, 0.6) is 0 Å². The van der Waals surface area contributed by atoms with Crippen LogP contribution in [0.3, 0.4) is 0 Å². The van der Waals surface area contributed by atoms with Crippen molar-refractivity contribution < 1.29 is 14.3 Å². The number of hydrogen-bond acceptors (Lipinski definition) is 2. The molecule has 3 nitrogen and oxygen atoms in total. The lowest BCUT2D eigenvalue weighted by Gasteiger charge is -2.10. The molecule has 0 amide bonds. The second kappa shape index (κ2) is 4.87. The van der Waals surface area contributed by atoms with Gasteiger partial charge in [0.25, 0.3) is 0 Å². The highest BCUT2D eigenvalue weighted by atomic mass is 19.1. The zero-order valence-electron chi connectivity index (χ0n) is 9.77. The summed E-state index contributed by atoms with van der Waals surface area (Å²) in [6, 6.07) is 11.3. The van der Waals surface area contributed by atoms with E-state index >= 15 is 0 Å². The Morgan fingerprint density at radius 3 is 2.50 bits per heavy atom. The van der Waals surface area contributed by atoms with Gasteiger partial charge in [-0.3, -0.25) is 0 Å². The van der Waals surface area contributed by atoms with Crippen molar-refractivity contribution in [3.8, 4) is 0 Å². The van der Waals surface area contributed by atoms with Gasteiger partial charge in [-0.2, -0.15) is 0 Å². The van der Waals surface area contributed by atoms with Gasteiger partial charge in [-0.25, -0.2) is 9.18 Å². The van der Waals surface area contributed by atoms with Crippen molar-refractivity contribution in [2.24, 2.45) is 0 Å². The Bertz CT molecular complexity index is 596. The lowest BCUT2D eigenvalue weighted by Crippen LogP contribution is -2.00. The molecule has 2 aromatic rings. The highest BCUT2D eigenvalue weighted by Crippen LogP contribution is 2.23. The van der Waals surface area contributed by atoms with Crippen LogP contribution in [0.2, 0.25) is 0 Å². The molecule has 0 unspecified atom stereocenters. The molecule has 92 valence electrons. The Kier molecular flexibility index (Phi) is 3.28. The minimum atomic E-state index is -1.14. The van der Waals surface area contributed by atoms with Crippen LogP contribution in [0.4, 0.5) is 15.8 Å². The molecular weight excluding hydrogens is 233 g/mol. The van der Waals surface area contributed by atoms with Crippen molar-refractivity contribution in [1.82, 2.24) is 0 Å². The lowest BCUT2D eigenvalue weighted by atomic mass is 10.1. The highest BCUT2D eigenvalue weighted by molar-refractivity contribution is 5.88. The van der Waals surface area contributed by atoms with Gasteiger partial charge in [0.15, 0.2) is 0 Å². The molecule has 4 heteroatoms. The van der Waals surface area contributed by atoms with Crippen molar-refractivity contribution in [2.75, 3.05) is 5.32 Å². The van der Waals surface area contributed by atoms with Crippen molar-refractivity contribution >= 4 is 17.3 Å². The van der Waals surface area contributed by atoms with E-state index in [2.05, 4.69) is 5.32 Å². The maximum atomic E-state index is 13.7. The first kappa shape index (κ1) is 12.1. The zero-order chi connectivity index (χ0) is 13.1. The van der Waals surface area contributed by atoms with E-state index in [9.17, 15) is 9.18 Å². The molecule has 0 atom stereocenters. The highest BCUT2D eigenvalue weighted by Gasteiger charge is 2.08. The molecule has 0 aliphatic heterocycles. The molecule has 2 rings (SSSR count). The molecule has 0 spiro atoms. The first-order valence-corrected chi connectivity index (χ1v) is 5.43. The number of halogens is 1. The minimum absolute atomic E-state index is 0.0668. The Morgan fingerprint density at radius 1 is 1.17 bits per heavy atom. The molecule has 0 aromatic heterocycles. The van der Waals surface area contributed by atoms with Gasteiger partial charge in [0.2, 0.25) is 0 Å². The number of benzene rings is 2. The van der Waals surface area contributed by atoms with Gasteiger partial charge in [-0.15, -0.1) is 0 Å². The SMILES string of the molecule is Cc1ccccc1Nc1ccc(C(=O)O)cc1F. The second-order valence-electron chi connectivity index (χ2n) is 3.94.